The molecule has 0 aromatic heterocycles. The summed E-state index contributed by atoms with van der Waals surface area (Å²) in [5.41, 5.74) is 0. The Morgan fingerprint density at radius 1 is 1.17 bits per heavy atom. The van der Waals surface area contributed by atoms with Gasteiger partial charge >= 0.3 is 0 Å². The van der Waals surface area contributed by atoms with Crippen LogP contribution in [0.5, 0.6) is 17.2 Å². The summed E-state index contributed by atoms with van der Waals surface area (Å²) >= 11 is 0. The van der Waals surface area contributed by atoms with E-state index < -0.39 is 0 Å². The third kappa shape index (κ3) is 7.66. The molecule has 170 valence electrons. The Bertz CT molecular complexity index is 654. The number of halogens is 1. The van der Waals surface area contributed by atoms with Crippen LogP contribution >= 0.6 is 24.0 Å². The largest absolute Gasteiger partial charge is 0.492 e. The third-order valence-electron chi connectivity index (χ3n) is 4.89. The van der Waals surface area contributed by atoms with E-state index in [-0.39, 0.29) is 30.8 Å². The van der Waals surface area contributed by atoms with E-state index in [1.807, 2.05) is 18.2 Å². The van der Waals surface area contributed by atoms with Crippen molar-refractivity contribution < 1.29 is 23.7 Å². The molecule has 1 aromatic rings. The lowest BCUT2D eigenvalue weighted by atomic mass is 10.1. The Hall–Kier alpha value is -1.46. The van der Waals surface area contributed by atoms with Gasteiger partial charge in [0.1, 0.15) is 12.4 Å². The van der Waals surface area contributed by atoms with E-state index >= 15 is 0 Å². The van der Waals surface area contributed by atoms with E-state index in [9.17, 15) is 0 Å². The van der Waals surface area contributed by atoms with Gasteiger partial charge in [-0.25, -0.2) is 4.99 Å². The molecular weight excluding hydrogens is 501 g/mol. The van der Waals surface area contributed by atoms with Gasteiger partial charge in [0.05, 0.1) is 12.6 Å². The monoisotopic (exact) mass is 535 g/mol. The standard InChI is InChI=1S/C21H33N3O5.HI/c1-3-22-21(24-10-7-17(8-11-24)26-13-4-12-25-2)23-9-14-27-18-5-6-19-20(15-18)29-16-28-19;/h5-6,15,17H,3-4,7-14,16H2,1-2H3,(H,22,23);1H. The Morgan fingerprint density at radius 3 is 2.73 bits per heavy atom. The number of guanidine groups is 1. The molecule has 1 N–H and O–H groups in total. The molecule has 2 aliphatic heterocycles. The number of rotatable bonds is 10. The van der Waals surface area contributed by atoms with Gasteiger partial charge in [0.2, 0.25) is 6.79 Å². The molecule has 2 aliphatic rings. The molecule has 0 radical (unpaired) electrons. The molecule has 0 saturated carbocycles. The van der Waals surface area contributed by atoms with E-state index in [0.717, 1.165) is 75.3 Å². The van der Waals surface area contributed by atoms with E-state index in [1.54, 1.807) is 7.11 Å². The van der Waals surface area contributed by atoms with E-state index in [2.05, 4.69) is 17.1 Å². The Kier molecular flexibility index (Phi) is 11.4. The smallest absolute Gasteiger partial charge is 0.231 e. The highest BCUT2D eigenvalue weighted by Gasteiger charge is 2.21. The Morgan fingerprint density at radius 2 is 1.97 bits per heavy atom. The second kappa shape index (κ2) is 13.8. The summed E-state index contributed by atoms with van der Waals surface area (Å²) in [6, 6.07) is 5.61. The summed E-state index contributed by atoms with van der Waals surface area (Å²) in [4.78, 5) is 7.03. The van der Waals surface area contributed by atoms with Gasteiger partial charge in [-0.05, 0) is 38.3 Å². The van der Waals surface area contributed by atoms with Crippen molar-refractivity contribution in [3.05, 3.63) is 18.2 Å². The highest BCUT2D eigenvalue weighted by molar-refractivity contribution is 14.0. The molecule has 1 aromatic carbocycles. The van der Waals surface area contributed by atoms with E-state index in [0.29, 0.717) is 19.3 Å². The second-order valence-corrected chi connectivity index (χ2v) is 7.00. The van der Waals surface area contributed by atoms with Gasteiger partial charge in [0.15, 0.2) is 17.5 Å². The maximum absolute atomic E-state index is 5.95. The number of likely N-dealkylation sites (tertiary alicyclic amines) is 1. The molecule has 8 nitrogen and oxygen atoms in total. The van der Waals surface area contributed by atoms with Crippen LogP contribution in [-0.2, 0) is 9.47 Å². The Balaban J connectivity index is 0.00000320. The number of ether oxygens (including phenoxy) is 5. The van der Waals surface area contributed by atoms with Crippen molar-refractivity contribution in [2.75, 3.05) is 59.9 Å². The highest BCUT2D eigenvalue weighted by Crippen LogP contribution is 2.35. The fraction of sp³-hybridized carbons (Fsp3) is 0.667. The average Bonchev–Trinajstić information content (AvgIpc) is 3.22. The maximum atomic E-state index is 5.95. The molecule has 2 heterocycles. The van der Waals surface area contributed by atoms with Gasteiger partial charge in [-0.1, -0.05) is 0 Å². The maximum Gasteiger partial charge on any atom is 0.231 e. The summed E-state index contributed by atoms with van der Waals surface area (Å²) in [5, 5.41) is 3.39. The van der Waals surface area contributed by atoms with Crippen molar-refractivity contribution in [1.29, 1.82) is 0 Å². The fourth-order valence-corrected chi connectivity index (χ4v) is 3.40. The zero-order valence-electron chi connectivity index (χ0n) is 17.9. The lowest BCUT2D eigenvalue weighted by molar-refractivity contribution is 0.00989. The van der Waals surface area contributed by atoms with Crippen LogP contribution in [0.3, 0.4) is 0 Å². The van der Waals surface area contributed by atoms with Crippen molar-refractivity contribution in [2.45, 2.75) is 32.3 Å². The quantitative estimate of drug-likeness (QED) is 0.214. The number of nitrogens with one attached hydrogen (secondary N) is 1. The lowest BCUT2D eigenvalue weighted by Crippen LogP contribution is -2.47. The minimum Gasteiger partial charge on any atom is -0.492 e. The van der Waals surface area contributed by atoms with Crippen molar-refractivity contribution >= 4 is 29.9 Å². The number of methoxy groups -OCH3 is 1. The first kappa shape index (κ1) is 24.8. The second-order valence-electron chi connectivity index (χ2n) is 7.00. The summed E-state index contributed by atoms with van der Waals surface area (Å²) < 4.78 is 27.5. The van der Waals surface area contributed by atoms with Crippen LogP contribution in [0.1, 0.15) is 26.2 Å². The van der Waals surface area contributed by atoms with Crippen molar-refractivity contribution in [2.24, 2.45) is 4.99 Å². The van der Waals surface area contributed by atoms with Crippen LogP contribution in [-0.4, -0.2) is 76.9 Å². The molecule has 3 rings (SSSR count). The average molecular weight is 535 g/mol. The van der Waals surface area contributed by atoms with Gasteiger partial charge in [0.25, 0.3) is 0 Å². The topological polar surface area (TPSA) is 73.8 Å². The van der Waals surface area contributed by atoms with Crippen LogP contribution in [0.4, 0.5) is 0 Å². The molecule has 30 heavy (non-hydrogen) atoms. The first-order chi connectivity index (χ1) is 14.3. The number of piperidine rings is 1. The third-order valence-corrected chi connectivity index (χ3v) is 4.89. The highest BCUT2D eigenvalue weighted by atomic mass is 127. The fourth-order valence-electron chi connectivity index (χ4n) is 3.40. The molecule has 0 bridgehead atoms. The number of nitrogens with zero attached hydrogens (tertiary/aromatic N) is 2. The number of aliphatic imine (C=N–C) groups is 1. The van der Waals surface area contributed by atoms with Crippen molar-refractivity contribution in [3.63, 3.8) is 0 Å². The SMILES string of the molecule is CCNC(=NCCOc1ccc2c(c1)OCO2)N1CCC(OCCCOC)CC1.I. The van der Waals surface area contributed by atoms with Crippen LogP contribution in [0, 0.1) is 0 Å². The summed E-state index contributed by atoms with van der Waals surface area (Å²) in [7, 11) is 1.72. The predicted octanol–water partition coefficient (Wildman–Crippen LogP) is 2.90. The van der Waals surface area contributed by atoms with Crippen LogP contribution < -0.4 is 19.5 Å². The van der Waals surface area contributed by atoms with Gasteiger partial charge in [-0.2, -0.15) is 0 Å². The first-order valence-corrected chi connectivity index (χ1v) is 10.5. The van der Waals surface area contributed by atoms with Crippen molar-refractivity contribution in [1.82, 2.24) is 10.2 Å². The molecule has 0 atom stereocenters. The van der Waals surface area contributed by atoms with Gasteiger partial charge in [0, 0.05) is 46.0 Å². The number of hydrogen-bond acceptors (Lipinski definition) is 6. The van der Waals surface area contributed by atoms with Gasteiger partial charge in [-0.15, -0.1) is 24.0 Å². The van der Waals surface area contributed by atoms with Crippen LogP contribution in [0.15, 0.2) is 23.2 Å². The normalized spacial score (nSPS) is 16.3. The minimum atomic E-state index is 0. The molecule has 0 unspecified atom stereocenters. The molecule has 1 fully saturated rings. The molecule has 0 spiro atoms. The zero-order chi connectivity index (χ0) is 20.3. The molecule has 1 saturated heterocycles. The Labute approximate surface area is 196 Å². The summed E-state index contributed by atoms with van der Waals surface area (Å²) in [5.74, 6) is 3.20. The van der Waals surface area contributed by atoms with Crippen LogP contribution in [0.2, 0.25) is 0 Å². The number of hydrogen-bond donors (Lipinski definition) is 1. The van der Waals surface area contributed by atoms with Crippen molar-refractivity contribution in [3.8, 4) is 17.2 Å². The summed E-state index contributed by atoms with van der Waals surface area (Å²) in [6.07, 6.45) is 3.32. The van der Waals surface area contributed by atoms with Gasteiger partial charge in [-0.3, -0.25) is 0 Å². The zero-order valence-corrected chi connectivity index (χ0v) is 20.3. The number of benzene rings is 1. The van der Waals surface area contributed by atoms with E-state index in [1.165, 1.54) is 0 Å². The van der Waals surface area contributed by atoms with Crippen LogP contribution in [0.25, 0.3) is 0 Å². The first-order valence-electron chi connectivity index (χ1n) is 10.5. The number of fused-ring (bicyclic) bond motifs is 1. The molecular formula is C21H34IN3O5. The molecule has 0 amide bonds. The molecule has 0 aliphatic carbocycles. The lowest BCUT2D eigenvalue weighted by Gasteiger charge is -2.34. The predicted molar refractivity (Wildman–Crippen MR) is 126 cm³/mol. The molecule has 9 heteroatoms. The minimum absolute atomic E-state index is 0. The van der Waals surface area contributed by atoms with E-state index in [4.69, 9.17) is 28.7 Å². The summed E-state index contributed by atoms with van der Waals surface area (Å²) in [6.45, 7) is 7.71. The van der Waals surface area contributed by atoms with Gasteiger partial charge < -0.3 is 33.9 Å².